The lowest BCUT2D eigenvalue weighted by atomic mass is 10.1. The average molecular weight is 300 g/mol. The van der Waals surface area contributed by atoms with Gasteiger partial charge in [0, 0.05) is 43.1 Å². The van der Waals surface area contributed by atoms with Crippen molar-refractivity contribution in [3.05, 3.63) is 53.3 Å². The maximum Gasteiger partial charge on any atom is 0.0622 e. The second-order valence-electron chi connectivity index (χ2n) is 5.84. The van der Waals surface area contributed by atoms with Crippen molar-refractivity contribution in [2.75, 3.05) is 22.9 Å². The van der Waals surface area contributed by atoms with Gasteiger partial charge in [-0.25, -0.2) is 0 Å². The minimum atomic E-state index is 0.741. The van der Waals surface area contributed by atoms with Crippen molar-refractivity contribution in [2.45, 2.75) is 25.4 Å². The van der Waals surface area contributed by atoms with Crippen LogP contribution in [0.4, 0.5) is 11.4 Å². The molecule has 1 aliphatic heterocycles. The highest BCUT2D eigenvalue weighted by Crippen LogP contribution is 2.41. The number of anilines is 2. The maximum absolute atomic E-state index is 6.23. The fourth-order valence-electron chi connectivity index (χ4n) is 3.10. The number of nitrogens with zero attached hydrogens (tertiary/aromatic N) is 3. The molecule has 0 unspecified atom stereocenters. The molecule has 0 atom stereocenters. The van der Waals surface area contributed by atoms with Gasteiger partial charge in [0.1, 0.15) is 0 Å². The molecule has 21 heavy (non-hydrogen) atoms. The Bertz CT molecular complexity index is 640. The molecule has 0 saturated heterocycles. The number of pyridine rings is 1. The molecular weight excluding hydrogens is 282 g/mol. The molecule has 0 radical (unpaired) electrons. The van der Waals surface area contributed by atoms with E-state index >= 15 is 0 Å². The van der Waals surface area contributed by atoms with E-state index in [1.807, 2.05) is 24.5 Å². The van der Waals surface area contributed by atoms with Crippen molar-refractivity contribution >= 4 is 23.0 Å². The van der Waals surface area contributed by atoms with Gasteiger partial charge in [0.2, 0.25) is 0 Å². The van der Waals surface area contributed by atoms with Crippen LogP contribution in [0.2, 0.25) is 5.02 Å². The number of hydrogen-bond donors (Lipinski definition) is 0. The van der Waals surface area contributed by atoms with Crippen LogP contribution < -0.4 is 9.80 Å². The molecule has 4 heteroatoms. The van der Waals surface area contributed by atoms with E-state index < -0.39 is 0 Å². The standard InChI is InChI=1S/C17H18ClN3/c18-14-3-6-16-17(10-14)20(8-9-21(16)15-4-5-15)12-13-2-1-7-19-11-13/h1-3,6-7,10-11,15H,4-5,8-9,12H2. The van der Waals surface area contributed by atoms with E-state index in [0.29, 0.717) is 0 Å². The van der Waals surface area contributed by atoms with E-state index in [2.05, 4.69) is 33.0 Å². The topological polar surface area (TPSA) is 19.4 Å². The van der Waals surface area contributed by atoms with Gasteiger partial charge in [-0.15, -0.1) is 0 Å². The lowest BCUT2D eigenvalue weighted by Gasteiger charge is -2.39. The highest BCUT2D eigenvalue weighted by molar-refractivity contribution is 6.31. The van der Waals surface area contributed by atoms with Gasteiger partial charge in [0.25, 0.3) is 0 Å². The SMILES string of the molecule is Clc1ccc2c(c1)N(Cc1cccnc1)CCN2C1CC1. The molecule has 1 saturated carbocycles. The van der Waals surface area contributed by atoms with Gasteiger partial charge < -0.3 is 9.80 Å². The van der Waals surface area contributed by atoms with E-state index in [-0.39, 0.29) is 0 Å². The molecule has 0 N–H and O–H groups in total. The van der Waals surface area contributed by atoms with E-state index in [1.165, 1.54) is 29.8 Å². The van der Waals surface area contributed by atoms with Crippen LogP contribution >= 0.6 is 11.6 Å². The number of benzene rings is 1. The van der Waals surface area contributed by atoms with Crippen molar-refractivity contribution in [2.24, 2.45) is 0 Å². The van der Waals surface area contributed by atoms with Crippen LogP contribution in [0.1, 0.15) is 18.4 Å². The first-order chi connectivity index (χ1) is 10.3. The summed E-state index contributed by atoms with van der Waals surface area (Å²) < 4.78 is 0. The lowest BCUT2D eigenvalue weighted by Crippen LogP contribution is -2.41. The van der Waals surface area contributed by atoms with Crippen LogP contribution in [0.25, 0.3) is 0 Å². The lowest BCUT2D eigenvalue weighted by molar-refractivity contribution is 0.691. The summed E-state index contributed by atoms with van der Waals surface area (Å²) in [5, 5.41) is 0.808. The van der Waals surface area contributed by atoms with Crippen LogP contribution in [-0.4, -0.2) is 24.1 Å². The van der Waals surface area contributed by atoms with E-state index in [1.54, 1.807) is 0 Å². The van der Waals surface area contributed by atoms with Crippen molar-refractivity contribution in [3.63, 3.8) is 0 Å². The van der Waals surface area contributed by atoms with Gasteiger partial charge in [0.05, 0.1) is 11.4 Å². The average Bonchev–Trinajstić information content (AvgIpc) is 3.33. The van der Waals surface area contributed by atoms with E-state index in [0.717, 1.165) is 30.7 Å². The Kier molecular flexibility index (Phi) is 3.23. The molecule has 2 aromatic rings. The Morgan fingerprint density at radius 3 is 2.81 bits per heavy atom. The van der Waals surface area contributed by atoms with Gasteiger partial charge in [-0.3, -0.25) is 4.98 Å². The van der Waals surface area contributed by atoms with Crippen LogP contribution in [-0.2, 0) is 6.54 Å². The zero-order chi connectivity index (χ0) is 14.2. The summed E-state index contributed by atoms with van der Waals surface area (Å²) in [4.78, 5) is 9.17. The molecule has 2 heterocycles. The minimum absolute atomic E-state index is 0.741. The zero-order valence-electron chi connectivity index (χ0n) is 11.9. The van der Waals surface area contributed by atoms with Gasteiger partial charge in [-0.1, -0.05) is 17.7 Å². The Labute approximate surface area is 130 Å². The fourth-order valence-corrected chi connectivity index (χ4v) is 3.27. The minimum Gasteiger partial charge on any atom is -0.365 e. The number of halogens is 1. The number of hydrogen-bond acceptors (Lipinski definition) is 3. The van der Waals surface area contributed by atoms with Gasteiger partial charge >= 0.3 is 0 Å². The van der Waals surface area contributed by atoms with Crippen molar-refractivity contribution < 1.29 is 0 Å². The first kappa shape index (κ1) is 13.0. The first-order valence-corrected chi connectivity index (χ1v) is 7.89. The van der Waals surface area contributed by atoms with Crippen LogP contribution in [0.15, 0.2) is 42.7 Å². The van der Waals surface area contributed by atoms with Crippen LogP contribution in [0.5, 0.6) is 0 Å². The Morgan fingerprint density at radius 1 is 1.14 bits per heavy atom. The van der Waals surface area contributed by atoms with Crippen LogP contribution in [0, 0.1) is 0 Å². The second-order valence-corrected chi connectivity index (χ2v) is 6.28. The molecule has 3 nitrogen and oxygen atoms in total. The van der Waals surface area contributed by atoms with Gasteiger partial charge in [-0.2, -0.15) is 0 Å². The highest BCUT2D eigenvalue weighted by atomic mass is 35.5. The molecule has 1 aromatic carbocycles. The molecule has 0 amide bonds. The largest absolute Gasteiger partial charge is 0.365 e. The zero-order valence-corrected chi connectivity index (χ0v) is 12.6. The fraction of sp³-hybridized carbons (Fsp3) is 0.353. The molecule has 2 aliphatic rings. The number of aromatic nitrogens is 1. The Hall–Kier alpha value is -1.74. The number of fused-ring (bicyclic) bond motifs is 1. The predicted molar refractivity (Wildman–Crippen MR) is 87.1 cm³/mol. The maximum atomic E-state index is 6.23. The molecule has 108 valence electrons. The summed E-state index contributed by atoms with van der Waals surface area (Å²) in [6.45, 7) is 3.03. The second kappa shape index (κ2) is 5.23. The smallest absolute Gasteiger partial charge is 0.0622 e. The monoisotopic (exact) mass is 299 g/mol. The summed E-state index contributed by atoms with van der Waals surface area (Å²) in [6.07, 6.45) is 6.41. The Balaban J connectivity index is 1.67. The number of rotatable bonds is 3. The molecule has 1 aromatic heterocycles. The molecule has 1 fully saturated rings. The van der Waals surface area contributed by atoms with Gasteiger partial charge in [-0.05, 0) is 42.7 Å². The molecule has 4 rings (SSSR count). The molecule has 0 spiro atoms. The van der Waals surface area contributed by atoms with Crippen molar-refractivity contribution in [3.8, 4) is 0 Å². The van der Waals surface area contributed by atoms with Crippen molar-refractivity contribution in [1.82, 2.24) is 4.98 Å². The third-order valence-corrected chi connectivity index (χ3v) is 4.52. The molecule has 0 bridgehead atoms. The van der Waals surface area contributed by atoms with Crippen molar-refractivity contribution in [1.29, 1.82) is 0 Å². The summed E-state index contributed by atoms with van der Waals surface area (Å²) >= 11 is 6.23. The third-order valence-electron chi connectivity index (χ3n) is 4.28. The third kappa shape index (κ3) is 2.58. The summed E-state index contributed by atoms with van der Waals surface area (Å²) in [6, 6.07) is 11.1. The first-order valence-electron chi connectivity index (χ1n) is 7.51. The Morgan fingerprint density at radius 2 is 2.05 bits per heavy atom. The molecule has 1 aliphatic carbocycles. The summed E-state index contributed by atoms with van der Waals surface area (Å²) in [7, 11) is 0. The normalized spacial score (nSPS) is 17.8. The predicted octanol–water partition coefficient (Wildman–Crippen LogP) is 3.72. The summed E-state index contributed by atoms with van der Waals surface area (Å²) in [5.41, 5.74) is 3.82. The van der Waals surface area contributed by atoms with E-state index in [9.17, 15) is 0 Å². The molecular formula is C17H18ClN3. The quantitative estimate of drug-likeness (QED) is 0.861. The highest BCUT2D eigenvalue weighted by Gasteiger charge is 2.33. The van der Waals surface area contributed by atoms with Gasteiger partial charge in [0.15, 0.2) is 0 Å². The van der Waals surface area contributed by atoms with Crippen LogP contribution in [0.3, 0.4) is 0 Å². The van der Waals surface area contributed by atoms with E-state index in [4.69, 9.17) is 11.6 Å². The summed E-state index contributed by atoms with van der Waals surface area (Å²) in [5.74, 6) is 0.